The Morgan fingerprint density at radius 2 is 2.44 bits per heavy atom. The largest absolute Gasteiger partial charge is 0.271 e. The zero-order valence-electron chi connectivity index (χ0n) is 5.44. The van der Waals surface area contributed by atoms with E-state index in [1.807, 2.05) is 6.92 Å². The first kappa shape index (κ1) is 8.51. The molecule has 0 atom stereocenters. The molecule has 0 aliphatic rings. The van der Waals surface area contributed by atoms with Crippen molar-refractivity contribution in [2.24, 2.45) is 4.40 Å². The Hall–Kier alpha value is -0.490. The molecule has 0 unspecified atom stereocenters. The van der Waals surface area contributed by atoms with Crippen LogP contribution in [0.2, 0.25) is 0 Å². The number of rotatable bonds is 1. The summed E-state index contributed by atoms with van der Waals surface area (Å²) in [6.45, 7) is 1.86. The van der Waals surface area contributed by atoms with E-state index in [-0.39, 0.29) is 0 Å². The summed E-state index contributed by atoms with van der Waals surface area (Å²) in [5.74, 6) is 4.22. The Morgan fingerprint density at radius 1 is 1.78 bits per heavy atom. The SMILES string of the molecule is CCC#CC(F)=NSC. The van der Waals surface area contributed by atoms with Gasteiger partial charge in [0.05, 0.1) is 0 Å². The van der Waals surface area contributed by atoms with Gasteiger partial charge in [0.25, 0.3) is 5.97 Å². The van der Waals surface area contributed by atoms with Crippen molar-refractivity contribution in [3.8, 4) is 11.8 Å². The van der Waals surface area contributed by atoms with Gasteiger partial charge in [0.2, 0.25) is 0 Å². The first-order valence-corrected chi connectivity index (χ1v) is 3.75. The van der Waals surface area contributed by atoms with Crippen LogP contribution in [0, 0.1) is 11.8 Å². The monoisotopic (exact) mass is 145 g/mol. The summed E-state index contributed by atoms with van der Waals surface area (Å²) in [5, 5.41) is 0. The summed E-state index contributed by atoms with van der Waals surface area (Å²) in [5.41, 5.74) is 0. The molecule has 0 N–H and O–H groups in total. The first-order chi connectivity index (χ1) is 4.31. The minimum Gasteiger partial charge on any atom is -0.179 e. The Bertz CT molecular complexity index is 154. The molecular weight excluding hydrogens is 137 g/mol. The van der Waals surface area contributed by atoms with Gasteiger partial charge in [-0.05, 0) is 17.9 Å². The van der Waals surface area contributed by atoms with E-state index in [1.165, 1.54) is 0 Å². The third-order valence-electron chi connectivity index (χ3n) is 0.540. The minimum atomic E-state index is -0.593. The van der Waals surface area contributed by atoms with Gasteiger partial charge in [-0.1, -0.05) is 12.8 Å². The van der Waals surface area contributed by atoms with Crippen molar-refractivity contribution in [3.05, 3.63) is 0 Å². The third-order valence-corrected chi connectivity index (χ3v) is 0.883. The van der Waals surface area contributed by atoms with Gasteiger partial charge in [-0.3, -0.25) is 0 Å². The molecule has 1 nitrogen and oxygen atoms in total. The number of halogens is 1. The molecule has 0 saturated heterocycles. The van der Waals surface area contributed by atoms with E-state index in [0.29, 0.717) is 6.42 Å². The lowest BCUT2D eigenvalue weighted by Gasteiger charge is -1.77. The van der Waals surface area contributed by atoms with Crippen molar-refractivity contribution in [2.45, 2.75) is 13.3 Å². The third kappa shape index (κ3) is 5.38. The summed E-state index contributed by atoms with van der Waals surface area (Å²) in [7, 11) is 0. The maximum Gasteiger partial charge on any atom is 0.271 e. The fourth-order valence-electron chi connectivity index (χ4n) is 0.264. The Kier molecular flexibility index (Phi) is 5.34. The Labute approximate surface area is 58.9 Å². The molecule has 0 rings (SSSR count). The van der Waals surface area contributed by atoms with Crippen LogP contribution in [-0.2, 0) is 0 Å². The number of hydrogen-bond acceptors (Lipinski definition) is 2. The maximum atomic E-state index is 12.1. The van der Waals surface area contributed by atoms with Gasteiger partial charge >= 0.3 is 0 Å². The fraction of sp³-hybridized carbons (Fsp3) is 0.500. The quantitative estimate of drug-likeness (QED) is 0.312. The number of hydrogen-bond donors (Lipinski definition) is 0. The van der Waals surface area contributed by atoms with Gasteiger partial charge in [-0.25, -0.2) is 0 Å². The molecular formula is C6H8FNS. The van der Waals surface area contributed by atoms with E-state index in [0.717, 1.165) is 11.9 Å². The van der Waals surface area contributed by atoms with Gasteiger partial charge < -0.3 is 0 Å². The van der Waals surface area contributed by atoms with E-state index in [4.69, 9.17) is 0 Å². The summed E-state index contributed by atoms with van der Waals surface area (Å²) in [6, 6.07) is 0. The lowest BCUT2D eigenvalue weighted by Crippen LogP contribution is -1.77. The molecule has 0 aromatic carbocycles. The molecule has 0 aliphatic heterocycles. The smallest absolute Gasteiger partial charge is 0.179 e. The Morgan fingerprint density at radius 3 is 2.89 bits per heavy atom. The molecule has 0 fully saturated rings. The summed E-state index contributed by atoms with van der Waals surface area (Å²) >= 11 is 1.07. The second-order valence-corrected chi connectivity index (χ2v) is 1.77. The van der Waals surface area contributed by atoms with Crippen LogP contribution < -0.4 is 0 Å². The highest BCUT2D eigenvalue weighted by atomic mass is 32.2. The van der Waals surface area contributed by atoms with Gasteiger partial charge in [0, 0.05) is 12.7 Å². The van der Waals surface area contributed by atoms with Crippen molar-refractivity contribution in [1.29, 1.82) is 0 Å². The van der Waals surface area contributed by atoms with Crippen LogP contribution in [0.4, 0.5) is 4.39 Å². The van der Waals surface area contributed by atoms with Crippen LogP contribution in [0.5, 0.6) is 0 Å². The molecule has 0 saturated carbocycles. The fourth-order valence-corrected chi connectivity index (χ4v) is 0.470. The highest BCUT2D eigenvalue weighted by molar-refractivity contribution is 7.97. The van der Waals surface area contributed by atoms with Gasteiger partial charge in [-0.2, -0.15) is 8.79 Å². The molecule has 0 aromatic rings. The number of nitrogens with zero attached hydrogens (tertiary/aromatic N) is 1. The lowest BCUT2D eigenvalue weighted by molar-refractivity contribution is 0.822. The van der Waals surface area contributed by atoms with Crippen LogP contribution in [0.15, 0.2) is 4.40 Å². The summed E-state index contributed by atoms with van der Waals surface area (Å²) in [4.78, 5) is 0. The van der Waals surface area contributed by atoms with Crippen LogP contribution >= 0.6 is 11.9 Å². The highest BCUT2D eigenvalue weighted by Gasteiger charge is 1.83. The van der Waals surface area contributed by atoms with Crippen molar-refractivity contribution in [3.63, 3.8) is 0 Å². The van der Waals surface area contributed by atoms with E-state index < -0.39 is 5.97 Å². The average molecular weight is 145 g/mol. The van der Waals surface area contributed by atoms with E-state index >= 15 is 0 Å². The van der Waals surface area contributed by atoms with Gasteiger partial charge in [0.1, 0.15) is 0 Å². The predicted molar refractivity (Wildman–Crippen MR) is 40.1 cm³/mol. The van der Waals surface area contributed by atoms with Crippen LogP contribution in [0.25, 0.3) is 0 Å². The molecule has 0 radical (unpaired) electrons. The second kappa shape index (κ2) is 5.64. The average Bonchev–Trinajstić information content (AvgIpc) is 1.85. The van der Waals surface area contributed by atoms with Crippen LogP contribution in [0.1, 0.15) is 13.3 Å². The van der Waals surface area contributed by atoms with Crippen molar-refractivity contribution >= 4 is 17.9 Å². The molecule has 0 heterocycles. The molecule has 9 heavy (non-hydrogen) atoms. The maximum absolute atomic E-state index is 12.1. The van der Waals surface area contributed by atoms with Crippen molar-refractivity contribution < 1.29 is 4.39 Å². The van der Waals surface area contributed by atoms with Crippen LogP contribution in [-0.4, -0.2) is 12.2 Å². The van der Waals surface area contributed by atoms with E-state index in [2.05, 4.69) is 16.2 Å². The molecule has 0 aromatic heterocycles. The molecule has 0 aliphatic carbocycles. The normalized spacial score (nSPS) is 10.3. The summed E-state index contributed by atoms with van der Waals surface area (Å²) < 4.78 is 15.5. The highest BCUT2D eigenvalue weighted by Crippen LogP contribution is 1.94. The molecule has 0 spiro atoms. The first-order valence-electron chi connectivity index (χ1n) is 2.56. The standard InChI is InChI=1S/C6H8FNS/c1-3-4-5-6(7)8-9-2/h3H2,1-2H3. The lowest BCUT2D eigenvalue weighted by atomic mass is 10.5. The van der Waals surface area contributed by atoms with Crippen LogP contribution in [0.3, 0.4) is 0 Å². The van der Waals surface area contributed by atoms with Gasteiger partial charge in [0.15, 0.2) is 0 Å². The predicted octanol–water partition coefficient (Wildman–Crippen LogP) is 2.05. The van der Waals surface area contributed by atoms with E-state index in [1.54, 1.807) is 6.26 Å². The molecule has 50 valence electrons. The molecule has 0 bridgehead atoms. The van der Waals surface area contributed by atoms with Gasteiger partial charge in [-0.15, -0.1) is 0 Å². The molecule has 3 heteroatoms. The van der Waals surface area contributed by atoms with Crippen molar-refractivity contribution in [2.75, 3.05) is 6.26 Å². The van der Waals surface area contributed by atoms with Crippen molar-refractivity contribution in [1.82, 2.24) is 0 Å². The topological polar surface area (TPSA) is 12.4 Å². The minimum absolute atomic E-state index is 0.593. The Balaban J connectivity index is 3.74. The van der Waals surface area contributed by atoms with E-state index in [9.17, 15) is 4.39 Å². The second-order valence-electron chi connectivity index (χ2n) is 1.22. The molecule has 0 amide bonds. The summed E-state index contributed by atoms with van der Waals surface area (Å²) in [6.07, 6.45) is 2.35. The zero-order valence-corrected chi connectivity index (χ0v) is 6.26. The zero-order chi connectivity index (χ0) is 7.11.